The third-order valence-electron chi connectivity index (χ3n) is 12.8. The maximum Gasteiger partial charge on any atom is 0.220 e. The predicted molar refractivity (Wildman–Crippen MR) is 246 cm³/mol. The molecule has 1 aliphatic heterocycles. The average Bonchev–Trinajstić information content (AvgIpc) is 3.24. The summed E-state index contributed by atoms with van der Waals surface area (Å²) in [4.78, 5) is 13.0. The number of carbonyl (C=O) groups excluding carboxylic acids is 1. The number of hydrogen-bond acceptors (Lipinski definition) is 9. The molecule has 0 bridgehead atoms. The number of unbranched alkanes of at least 4 members (excludes halogenated alkanes) is 31. The smallest absolute Gasteiger partial charge is 0.220 e. The number of amides is 1. The number of ether oxygens (including phenoxy) is 2. The molecule has 0 saturated carbocycles. The molecule has 0 aromatic rings. The molecule has 0 aromatic heterocycles. The van der Waals surface area contributed by atoms with Gasteiger partial charge in [0.1, 0.15) is 24.4 Å². The number of aliphatic hydroxyl groups excluding tert-OH is 6. The molecule has 10 heteroatoms. The Morgan fingerprint density at radius 1 is 0.517 bits per heavy atom. The van der Waals surface area contributed by atoms with Crippen LogP contribution < -0.4 is 5.32 Å². The largest absolute Gasteiger partial charge is 0.394 e. The van der Waals surface area contributed by atoms with E-state index in [1.807, 2.05) is 0 Å². The fraction of sp³-hybridized carbons (Fsp3) is 0.980. The van der Waals surface area contributed by atoms with Crippen molar-refractivity contribution in [2.24, 2.45) is 0 Å². The first-order chi connectivity index (χ1) is 29.2. The van der Waals surface area contributed by atoms with Crippen LogP contribution in [0.3, 0.4) is 0 Å². The molecule has 1 aliphatic rings. The fourth-order valence-corrected chi connectivity index (χ4v) is 8.58. The Balaban J connectivity index is 2.26. The number of rotatable bonds is 44. The van der Waals surface area contributed by atoms with Gasteiger partial charge in [-0.1, -0.05) is 219 Å². The van der Waals surface area contributed by atoms with E-state index in [9.17, 15) is 35.4 Å². The lowest BCUT2D eigenvalue weighted by molar-refractivity contribution is -0.302. The highest BCUT2D eigenvalue weighted by molar-refractivity contribution is 5.76. The second kappa shape index (κ2) is 40.9. The second-order valence-corrected chi connectivity index (χ2v) is 18.5. The van der Waals surface area contributed by atoms with Crippen molar-refractivity contribution in [3.8, 4) is 0 Å². The lowest BCUT2D eigenvalue weighted by atomic mass is 9.99. The van der Waals surface area contributed by atoms with Crippen molar-refractivity contribution >= 4 is 5.91 Å². The summed E-state index contributed by atoms with van der Waals surface area (Å²) in [6, 6.07) is -0.834. The number of carbonyl (C=O) groups is 1. The Morgan fingerprint density at radius 2 is 0.900 bits per heavy atom. The lowest BCUT2D eigenvalue weighted by Gasteiger charge is -2.40. The minimum Gasteiger partial charge on any atom is -0.394 e. The van der Waals surface area contributed by atoms with Gasteiger partial charge in [0.25, 0.3) is 0 Å². The normalized spacial score (nSPS) is 21.0. The zero-order valence-electron chi connectivity index (χ0n) is 39.1. The van der Waals surface area contributed by atoms with E-state index >= 15 is 0 Å². The highest BCUT2D eigenvalue weighted by Gasteiger charge is 2.44. The number of nitrogens with one attached hydrogen (secondary N) is 1. The van der Waals surface area contributed by atoms with E-state index in [2.05, 4.69) is 19.2 Å². The standard InChI is InChI=1S/C50H99NO9/c1-3-5-7-9-11-13-15-16-17-18-19-20-21-22-23-24-25-26-27-29-31-33-35-37-46(55)51-43(41-59-50-49(58)48(57)47(56)45(40-52)60-50)44(54)39-38-42(53)36-34-32-30-28-14-12-10-8-6-4-2/h42-45,47-50,52-54,56-58H,3-41H2,1-2H3,(H,51,55)/t42-,43+,44-,45-,47+,48+,49-,50+/m1/s1. The number of aliphatic hydroxyl groups is 6. The first-order valence-electron chi connectivity index (χ1n) is 25.8. The van der Waals surface area contributed by atoms with E-state index in [0.29, 0.717) is 19.3 Å². The Labute approximate surface area is 368 Å². The van der Waals surface area contributed by atoms with Gasteiger partial charge >= 0.3 is 0 Å². The van der Waals surface area contributed by atoms with Gasteiger partial charge in [-0.2, -0.15) is 0 Å². The molecular formula is C50H99NO9. The number of hydrogen-bond donors (Lipinski definition) is 7. The molecule has 0 aliphatic carbocycles. The van der Waals surface area contributed by atoms with Crippen LogP contribution in [0.4, 0.5) is 0 Å². The molecule has 358 valence electrons. The van der Waals surface area contributed by atoms with E-state index in [1.54, 1.807) is 0 Å². The minimum atomic E-state index is -1.58. The van der Waals surface area contributed by atoms with Crippen LogP contribution in [0, 0.1) is 0 Å². The van der Waals surface area contributed by atoms with Crippen molar-refractivity contribution in [2.75, 3.05) is 13.2 Å². The van der Waals surface area contributed by atoms with Crippen molar-refractivity contribution in [2.45, 2.75) is 300 Å². The quantitative estimate of drug-likeness (QED) is 0.0295. The summed E-state index contributed by atoms with van der Waals surface area (Å²) in [5, 5.41) is 65.0. The molecule has 7 N–H and O–H groups in total. The summed E-state index contributed by atoms with van der Waals surface area (Å²) >= 11 is 0. The highest BCUT2D eigenvalue weighted by atomic mass is 16.7. The van der Waals surface area contributed by atoms with Gasteiger partial charge in [0.2, 0.25) is 5.91 Å². The van der Waals surface area contributed by atoms with Gasteiger partial charge < -0.3 is 45.4 Å². The van der Waals surface area contributed by atoms with Crippen LogP contribution >= 0.6 is 0 Å². The Hall–Kier alpha value is -0.850. The van der Waals surface area contributed by atoms with E-state index in [-0.39, 0.29) is 18.9 Å². The monoisotopic (exact) mass is 858 g/mol. The van der Waals surface area contributed by atoms with Crippen LogP contribution in [0.1, 0.15) is 251 Å². The van der Waals surface area contributed by atoms with Gasteiger partial charge in [-0.15, -0.1) is 0 Å². The molecule has 1 saturated heterocycles. The molecule has 1 heterocycles. The van der Waals surface area contributed by atoms with Crippen LogP contribution in [0.2, 0.25) is 0 Å². The molecule has 0 unspecified atom stereocenters. The SMILES string of the molecule is CCCCCCCCCCCCCCCCCCCCCCCCCC(=O)N[C@@H](CO[C@H]1O[C@H](CO)[C@H](O)[C@H](O)[C@H]1O)[C@H](O)CC[C@H](O)CCCCCCCCCCCC. The van der Waals surface area contributed by atoms with Gasteiger partial charge in [0.05, 0.1) is 31.5 Å². The molecule has 0 spiro atoms. The molecule has 1 amide bonds. The maximum absolute atomic E-state index is 13.0. The van der Waals surface area contributed by atoms with E-state index in [0.717, 1.165) is 32.1 Å². The summed E-state index contributed by atoms with van der Waals surface area (Å²) < 4.78 is 11.2. The van der Waals surface area contributed by atoms with Gasteiger partial charge in [-0.05, 0) is 25.7 Å². The van der Waals surface area contributed by atoms with Gasteiger partial charge in [0.15, 0.2) is 6.29 Å². The van der Waals surface area contributed by atoms with Crippen LogP contribution in [0.15, 0.2) is 0 Å². The second-order valence-electron chi connectivity index (χ2n) is 18.5. The van der Waals surface area contributed by atoms with Crippen LogP contribution in [0.5, 0.6) is 0 Å². The van der Waals surface area contributed by atoms with Crippen LogP contribution in [-0.2, 0) is 14.3 Å². The molecule has 60 heavy (non-hydrogen) atoms. The van der Waals surface area contributed by atoms with Crippen molar-refractivity contribution in [3.63, 3.8) is 0 Å². The first kappa shape index (κ1) is 57.2. The van der Waals surface area contributed by atoms with E-state index < -0.39 is 55.6 Å². The third-order valence-corrected chi connectivity index (χ3v) is 12.8. The molecule has 10 nitrogen and oxygen atoms in total. The maximum atomic E-state index is 13.0. The molecule has 1 rings (SSSR count). The Bertz CT molecular complexity index is 926. The lowest BCUT2D eigenvalue weighted by Crippen LogP contribution is -2.60. The third kappa shape index (κ3) is 31.1. The van der Waals surface area contributed by atoms with Gasteiger partial charge in [-0.3, -0.25) is 4.79 Å². The zero-order valence-corrected chi connectivity index (χ0v) is 39.1. The summed E-state index contributed by atoms with van der Waals surface area (Å²) in [6.45, 7) is 3.72. The Morgan fingerprint density at radius 3 is 1.30 bits per heavy atom. The molecule has 0 radical (unpaired) electrons. The fourth-order valence-electron chi connectivity index (χ4n) is 8.58. The first-order valence-corrected chi connectivity index (χ1v) is 25.8. The Kier molecular flexibility index (Phi) is 39.0. The van der Waals surface area contributed by atoms with Crippen LogP contribution in [-0.4, -0.2) is 98.7 Å². The van der Waals surface area contributed by atoms with Gasteiger partial charge in [-0.25, -0.2) is 0 Å². The summed E-state index contributed by atoms with van der Waals surface area (Å²) in [5.41, 5.74) is 0. The average molecular weight is 858 g/mol. The van der Waals surface area contributed by atoms with Crippen molar-refractivity contribution in [1.29, 1.82) is 0 Å². The van der Waals surface area contributed by atoms with Gasteiger partial charge in [0, 0.05) is 6.42 Å². The zero-order chi connectivity index (χ0) is 43.9. The van der Waals surface area contributed by atoms with Crippen LogP contribution in [0.25, 0.3) is 0 Å². The van der Waals surface area contributed by atoms with E-state index in [4.69, 9.17) is 9.47 Å². The molecule has 1 fully saturated rings. The summed E-state index contributed by atoms with van der Waals surface area (Å²) in [6.07, 6.45) is 35.4. The predicted octanol–water partition coefficient (Wildman–Crippen LogP) is 10.5. The molecule has 8 atom stereocenters. The molecule has 0 aromatic carbocycles. The van der Waals surface area contributed by atoms with Crippen molar-refractivity contribution < 1.29 is 44.9 Å². The van der Waals surface area contributed by atoms with Crippen molar-refractivity contribution in [3.05, 3.63) is 0 Å². The highest BCUT2D eigenvalue weighted by Crippen LogP contribution is 2.23. The topological polar surface area (TPSA) is 169 Å². The summed E-state index contributed by atoms with van der Waals surface area (Å²) in [7, 11) is 0. The van der Waals surface area contributed by atoms with E-state index in [1.165, 1.54) is 180 Å². The molecular weight excluding hydrogens is 759 g/mol. The minimum absolute atomic E-state index is 0.203. The summed E-state index contributed by atoms with van der Waals surface area (Å²) in [5.74, 6) is -0.203. The van der Waals surface area contributed by atoms with Crippen molar-refractivity contribution in [1.82, 2.24) is 5.32 Å².